The van der Waals surface area contributed by atoms with Crippen molar-refractivity contribution in [3.8, 4) is 0 Å². The van der Waals surface area contributed by atoms with Gasteiger partial charge in [-0.05, 0) is 34.1 Å². The Kier molecular flexibility index (Phi) is 5.79. The predicted molar refractivity (Wildman–Crippen MR) is 87.6 cm³/mol. The number of nitrogens with zero attached hydrogens (tertiary/aromatic N) is 2. The number of non-ortho nitro benzene ring substituents is 1. The number of nitrogens with one attached hydrogen (secondary N) is 2. The zero-order valence-electron chi connectivity index (χ0n) is 12.1. The van der Waals surface area contributed by atoms with Crippen molar-refractivity contribution in [1.82, 2.24) is 10.7 Å². The van der Waals surface area contributed by atoms with Gasteiger partial charge < -0.3 is 9.73 Å². The zero-order chi connectivity index (χ0) is 17.5. The van der Waals surface area contributed by atoms with E-state index in [1.54, 1.807) is 12.1 Å². The lowest BCUT2D eigenvalue weighted by atomic mass is 10.2. The van der Waals surface area contributed by atoms with E-state index in [9.17, 15) is 19.7 Å². The van der Waals surface area contributed by atoms with Crippen LogP contribution in [0.4, 0.5) is 5.69 Å². The number of carbonyl (C=O) groups is 2. The molecule has 2 amide bonds. The van der Waals surface area contributed by atoms with Crippen molar-refractivity contribution in [3.63, 3.8) is 0 Å². The number of hydrazone groups is 1. The van der Waals surface area contributed by atoms with Gasteiger partial charge in [-0.3, -0.25) is 19.7 Å². The highest BCUT2D eigenvalue weighted by atomic mass is 79.9. The molecule has 2 rings (SSSR count). The Morgan fingerprint density at radius 3 is 2.79 bits per heavy atom. The van der Waals surface area contributed by atoms with Crippen molar-refractivity contribution in [2.75, 3.05) is 6.54 Å². The second-order valence-corrected chi connectivity index (χ2v) is 5.21. The van der Waals surface area contributed by atoms with E-state index in [1.807, 2.05) is 0 Å². The molecule has 0 atom stereocenters. The fourth-order valence-electron chi connectivity index (χ4n) is 1.63. The molecule has 10 heteroatoms. The minimum atomic E-state index is -0.606. The van der Waals surface area contributed by atoms with Crippen LogP contribution in [0.15, 0.2) is 50.6 Å². The molecule has 9 nitrogen and oxygen atoms in total. The van der Waals surface area contributed by atoms with Crippen molar-refractivity contribution in [1.29, 1.82) is 0 Å². The lowest BCUT2D eigenvalue weighted by Crippen LogP contribution is -2.34. The minimum absolute atomic E-state index is 0.0842. The molecule has 0 unspecified atom stereocenters. The molecule has 0 aliphatic carbocycles. The molecule has 1 heterocycles. The van der Waals surface area contributed by atoms with E-state index in [1.165, 1.54) is 24.4 Å². The van der Waals surface area contributed by atoms with Crippen LogP contribution in [0, 0.1) is 10.1 Å². The van der Waals surface area contributed by atoms with Crippen LogP contribution in [-0.2, 0) is 4.79 Å². The Morgan fingerprint density at radius 2 is 2.12 bits per heavy atom. The van der Waals surface area contributed by atoms with E-state index < -0.39 is 16.7 Å². The molecule has 0 saturated heterocycles. The molecule has 0 spiro atoms. The number of furan rings is 1. The van der Waals surface area contributed by atoms with Crippen LogP contribution in [0.1, 0.15) is 16.1 Å². The van der Waals surface area contributed by atoms with Crippen molar-refractivity contribution < 1.29 is 18.9 Å². The van der Waals surface area contributed by atoms with Crippen LogP contribution in [0.2, 0.25) is 0 Å². The highest BCUT2D eigenvalue weighted by Gasteiger charge is 2.12. The molecule has 2 N–H and O–H groups in total. The zero-order valence-corrected chi connectivity index (χ0v) is 13.6. The number of nitro benzene ring substituents is 1. The fourth-order valence-corrected chi connectivity index (χ4v) is 1.95. The summed E-state index contributed by atoms with van der Waals surface area (Å²) in [6, 6.07) is 8.50. The maximum Gasteiger partial charge on any atom is 0.270 e. The third kappa shape index (κ3) is 5.02. The average molecular weight is 395 g/mol. The van der Waals surface area contributed by atoms with Gasteiger partial charge in [0.15, 0.2) is 4.67 Å². The molecule has 1 aromatic carbocycles. The highest BCUT2D eigenvalue weighted by Crippen LogP contribution is 2.13. The van der Waals surface area contributed by atoms with Crippen LogP contribution < -0.4 is 10.7 Å². The van der Waals surface area contributed by atoms with Crippen LogP contribution >= 0.6 is 15.9 Å². The molecular formula is C14H11BrN4O5. The summed E-state index contributed by atoms with van der Waals surface area (Å²) >= 11 is 3.12. The van der Waals surface area contributed by atoms with E-state index in [2.05, 4.69) is 31.8 Å². The van der Waals surface area contributed by atoms with Crippen LogP contribution in [-0.4, -0.2) is 29.5 Å². The van der Waals surface area contributed by atoms with Gasteiger partial charge in [0.2, 0.25) is 0 Å². The summed E-state index contributed by atoms with van der Waals surface area (Å²) in [5.74, 6) is -0.730. The quantitative estimate of drug-likeness (QED) is 0.438. The standard InChI is InChI=1S/C14H11BrN4O5/c15-12-5-4-11(24-12)7-17-18-13(20)8-16-14(21)9-2-1-3-10(6-9)19(22)23/h1-7H,8H2,(H,16,21)(H,18,20)/b17-7+. The monoisotopic (exact) mass is 394 g/mol. The molecule has 0 fully saturated rings. The fraction of sp³-hybridized carbons (Fsp3) is 0.0714. The molecule has 0 saturated carbocycles. The number of hydrogen-bond acceptors (Lipinski definition) is 6. The molecule has 0 radical (unpaired) electrons. The molecule has 0 bridgehead atoms. The summed E-state index contributed by atoms with van der Waals surface area (Å²) in [6.45, 7) is -0.333. The Morgan fingerprint density at radius 1 is 1.33 bits per heavy atom. The molecular weight excluding hydrogens is 384 g/mol. The Hall–Kier alpha value is -3.01. The van der Waals surface area contributed by atoms with E-state index in [0.29, 0.717) is 10.4 Å². The number of amides is 2. The van der Waals surface area contributed by atoms with Crippen LogP contribution in [0.5, 0.6) is 0 Å². The molecule has 124 valence electrons. The summed E-state index contributed by atoms with van der Waals surface area (Å²) in [4.78, 5) is 33.5. The lowest BCUT2D eigenvalue weighted by Gasteiger charge is -2.04. The Balaban J connectivity index is 1.82. The number of rotatable bonds is 6. The molecule has 0 aliphatic rings. The largest absolute Gasteiger partial charge is 0.448 e. The average Bonchev–Trinajstić information content (AvgIpc) is 2.98. The van der Waals surface area contributed by atoms with Gasteiger partial charge in [0, 0.05) is 17.7 Å². The number of nitro groups is 1. The van der Waals surface area contributed by atoms with E-state index in [-0.39, 0.29) is 17.8 Å². The lowest BCUT2D eigenvalue weighted by molar-refractivity contribution is -0.384. The summed E-state index contributed by atoms with van der Waals surface area (Å²) in [6.07, 6.45) is 1.30. The number of halogens is 1. The van der Waals surface area contributed by atoms with E-state index in [0.717, 1.165) is 6.07 Å². The second kappa shape index (κ2) is 8.02. The predicted octanol–water partition coefficient (Wildman–Crippen LogP) is 1.83. The van der Waals surface area contributed by atoms with Crippen LogP contribution in [0.3, 0.4) is 0 Å². The van der Waals surface area contributed by atoms with Crippen LogP contribution in [0.25, 0.3) is 0 Å². The summed E-state index contributed by atoms with van der Waals surface area (Å²) in [5.41, 5.74) is 2.09. The number of hydrogen-bond donors (Lipinski definition) is 2. The minimum Gasteiger partial charge on any atom is -0.448 e. The first-order valence-electron chi connectivity index (χ1n) is 6.55. The first kappa shape index (κ1) is 17.3. The summed E-state index contributed by atoms with van der Waals surface area (Å²) < 4.78 is 5.67. The highest BCUT2D eigenvalue weighted by molar-refractivity contribution is 9.10. The Bertz CT molecular complexity index is 802. The van der Waals surface area contributed by atoms with Gasteiger partial charge in [-0.2, -0.15) is 5.10 Å². The van der Waals surface area contributed by atoms with Gasteiger partial charge in [-0.25, -0.2) is 5.43 Å². The summed E-state index contributed by atoms with van der Waals surface area (Å²) in [7, 11) is 0. The van der Waals surface area contributed by atoms with Gasteiger partial charge in [0.05, 0.1) is 17.7 Å². The maximum atomic E-state index is 11.8. The number of benzene rings is 1. The first-order chi connectivity index (χ1) is 11.5. The normalized spacial score (nSPS) is 10.5. The van der Waals surface area contributed by atoms with E-state index >= 15 is 0 Å². The molecule has 0 aliphatic heterocycles. The summed E-state index contributed by atoms with van der Waals surface area (Å²) in [5, 5.41) is 16.7. The third-order valence-corrected chi connectivity index (χ3v) is 3.13. The topological polar surface area (TPSA) is 127 Å². The van der Waals surface area contributed by atoms with Crippen molar-refractivity contribution >= 4 is 39.6 Å². The van der Waals surface area contributed by atoms with Crippen molar-refractivity contribution in [3.05, 3.63) is 62.5 Å². The molecule has 1 aromatic heterocycles. The third-order valence-electron chi connectivity index (χ3n) is 2.70. The Labute approximate surface area is 144 Å². The first-order valence-corrected chi connectivity index (χ1v) is 7.35. The number of carbonyl (C=O) groups excluding carboxylic acids is 2. The van der Waals surface area contributed by atoms with Gasteiger partial charge in [-0.1, -0.05) is 6.07 Å². The van der Waals surface area contributed by atoms with Gasteiger partial charge in [-0.15, -0.1) is 0 Å². The second-order valence-electron chi connectivity index (χ2n) is 4.43. The smallest absolute Gasteiger partial charge is 0.270 e. The van der Waals surface area contributed by atoms with Gasteiger partial charge in [0.1, 0.15) is 5.76 Å². The SMILES string of the molecule is O=C(CNC(=O)c1cccc([N+](=O)[O-])c1)N/N=C/c1ccc(Br)o1. The molecule has 24 heavy (non-hydrogen) atoms. The van der Waals surface area contributed by atoms with E-state index in [4.69, 9.17) is 4.42 Å². The molecule has 2 aromatic rings. The van der Waals surface area contributed by atoms with Crippen molar-refractivity contribution in [2.45, 2.75) is 0 Å². The maximum absolute atomic E-state index is 11.8. The van der Waals surface area contributed by atoms with Gasteiger partial charge in [0.25, 0.3) is 17.5 Å². The van der Waals surface area contributed by atoms with Crippen molar-refractivity contribution in [2.24, 2.45) is 5.10 Å². The van der Waals surface area contributed by atoms with Gasteiger partial charge >= 0.3 is 0 Å².